The van der Waals surface area contributed by atoms with Crippen LogP contribution in [-0.2, 0) is 14.3 Å². The van der Waals surface area contributed by atoms with Gasteiger partial charge in [-0.15, -0.1) is 0 Å². The monoisotopic (exact) mass is 208 g/mol. The van der Waals surface area contributed by atoms with Crippen molar-refractivity contribution in [3.05, 3.63) is 23.8 Å². The first kappa shape index (κ1) is 11.7. The molecule has 0 radical (unpaired) electrons. The summed E-state index contributed by atoms with van der Waals surface area (Å²) in [6.45, 7) is 10.4. The van der Waals surface area contributed by atoms with Crippen molar-refractivity contribution in [2.45, 2.75) is 33.3 Å². The third-order valence-corrected chi connectivity index (χ3v) is 3.20. The number of carbonyl (C=O) groups is 2. The van der Waals surface area contributed by atoms with Crippen LogP contribution in [0, 0.1) is 5.92 Å². The van der Waals surface area contributed by atoms with Crippen LogP contribution in [0.15, 0.2) is 23.8 Å². The molecular weight excluding hydrogens is 192 g/mol. The van der Waals surface area contributed by atoms with Gasteiger partial charge in [0, 0.05) is 12.8 Å². The van der Waals surface area contributed by atoms with Gasteiger partial charge in [0.1, 0.15) is 0 Å². The lowest BCUT2D eigenvalue weighted by Crippen LogP contribution is -2.43. The highest BCUT2D eigenvalue weighted by Crippen LogP contribution is 2.40. The van der Waals surface area contributed by atoms with Gasteiger partial charge in [-0.05, 0) is 25.5 Å². The van der Waals surface area contributed by atoms with Gasteiger partial charge in [-0.2, -0.15) is 0 Å². The van der Waals surface area contributed by atoms with Crippen LogP contribution in [-0.4, -0.2) is 17.4 Å². The van der Waals surface area contributed by atoms with Crippen molar-refractivity contribution < 1.29 is 14.3 Å². The van der Waals surface area contributed by atoms with E-state index >= 15 is 0 Å². The fourth-order valence-electron chi connectivity index (χ4n) is 2.00. The van der Waals surface area contributed by atoms with E-state index in [0.717, 1.165) is 5.57 Å². The van der Waals surface area contributed by atoms with Gasteiger partial charge in [-0.25, -0.2) is 0 Å². The molecule has 0 aromatic heterocycles. The number of hydrogen-bond acceptors (Lipinski definition) is 3. The van der Waals surface area contributed by atoms with E-state index in [1.165, 1.54) is 13.0 Å². The molecule has 0 spiro atoms. The maximum atomic E-state index is 12.0. The Hall–Kier alpha value is -1.38. The van der Waals surface area contributed by atoms with Gasteiger partial charge in [0.15, 0.2) is 5.60 Å². The smallest absolute Gasteiger partial charge is 0.303 e. The van der Waals surface area contributed by atoms with Gasteiger partial charge in [-0.1, -0.05) is 19.1 Å². The Labute approximate surface area is 89.8 Å². The Morgan fingerprint density at radius 3 is 2.33 bits per heavy atom. The Morgan fingerprint density at radius 2 is 2.07 bits per heavy atom. The van der Waals surface area contributed by atoms with Crippen molar-refractivity contribution in [1.82, 2.24) is 0 Å². The Bertz CT molecular complexity index is 365. The molecule has 0 saturated carbocycles. The first-order chi connectivity index (χ1) is 6.86. The largest absolute Gasteiger partial charge is 0.446 e. The van der Waals surface area contributed by atoms with Crippen LogP contribution in [0.25, 0.3) is 0 Å². The van der Waals surface area contributed by atoms with E-state index in [2.05, 4.69) is 6.58 Å². The number of hydrogen-bond donors (Lipinski definition) is 0. The number of carbonyl (C=O) groups excluding carboxylic acids is 2. The standard InChI is InChI=1S/C12H16O3/c1-6-12(15-10(5)13)9(4)7(2)8(3)11(12)14/h6,9H,1H2,2-5H3. The molecular formula is C12H16O3. The first-order valence-corrected chi connectivity index (χ1v) is 4.92. The number of rotatable bonds is 2. The molecule has 1 aliphatic rings. The van der Waals surface area contributed by atoms with Crippen LogP contribution in [0.1, 0.15) is 27.7 Å². The van der Waals surface area contributed by atoms with Gasteiger partial charge < -0.3 is 4.74 Å². The average Bonchev–Trinajstić information content (AvgIpc) is 2.33. The van der Waals surface area contributed by atoms with Crippen LogP contribution in [0.5, 0.6) is 0 Å². The van der Waals surface area contributed by atoms with E-state index in [-0.39, 0.29) is 11.7 Å². The van der Waals surface area contributed by atoms with Crippen LogP contribution >= 0.6 is 0 Å². The minimum absolute atomic E-state index is 0.133. The van der Waals surface area contributed by atoms with Gasteiger partial charge in [0.25, 0.3) is 0 Å². The predicted molar refractivity (Wildman–Crippen MR) is 57.2 cm³/mol. The van der Waals surface area contributed by atoms with Gasteiger partial charge >= 0.3 is 5.97 Å². The fraction of sp³-hybridized carbons (Fsp3) is 0.500. The fourth-order valence-corrected chi connectivity index (χ4v) is 2.00. The van der Waals surface area contributed by atoms with E-state index in [9.17, 15) is 9.59 Å². The second kappa shape index (κ2) is 3.65. The summed E-state index contributed by atoms with van der Waals surface area (Å²) in [7, 11) is 0. The minimum Gasteiger partial charge on any atom is -0.446 e. The topological polar surface area (TPSA) is 43.4 Å². The second-order valence-corrected chi connectivity index (χ2v) is 3.95. The van der Waals surface area contributed by atoms with Crippen LogP contribution < -0.4 is 0 Å². The predicted octanol–water partition coefficient (Wildman–Crippen LogP) is 2.03. The zero-order valence-corrected chi connectivity index (χ0v) is 9.59. The van der Waals surface area contributed by atoms with Crippen molar-refractivity contribution in [2.75, 3.05) is 0 Å². The zero-order valence-electron chi connectivity index (χ0n) is 9.59. The molecule has 1 aliphatic carbocycles. The maximum absolute atomic E-state index is 12.0. The molecule has 0 saturated heterocycles. The van der Waals surface area contributed by atoms with E-state index in [1.807, 2.05) is 13.8 Å². The van der Waals surface area contributed by atoms with Gasteiger partial charge in [-0.3, -0.25) is 9.59 Å². The molecule has 82 valence electrons. The summed E-state index contributed by atoms with van der Waals surface area (Å²) < 4.78 is 5.17. The molecule has 0 heterocycles. The van der Waals surface area contributed by atoms with E-state index in [4.69, 9.17) is 4.74 Å². The number of Topliss-reactive ketones (excluding diaryl/α,β-unsaturated/α-hetero) is 1. The van der Waals surface area contributed by atoms with Crippen molar-refractivity contribution in [2.24, 2.45) is 5.92 Å². The second-order valence-electron chi connectivity index (χ2n) is 3.95. The summed E-state index contributed by atoms with van der Waals surface area (Å²) in [6, 6.07) is 0. The molecule has 3 heteroatoms. The zero-order chi connectivity index (χ0) is 11.8. The Morgan fingerprint density at radius 1 is 1.53 bits per heavy atom. The molecule has 15 heavy (non-hydrogen) atoms. The lowest BCUT2D eigenvalue weighted by Gasteiger charge is -2.29. The number of ether oxygens (including phenoxy) is 1. The summed E-state index contributed by atoms with van der Waals surface area (Å²) in [4.78, 5) is 23.0. The SMILES string of the molecule is C=CC1(OC(C)=O)C(=O)C(C)=C(C)C1C. The van der Waals surface area contributed by atoms with Crippen LogP contribution in [0.3, 0.4) is 0 Å². The highest BCUT2D eigenvalue weighted by Gasteiger charge is 2.50. The first-order valence-electron chi connectivity index (χ1n) is 4.92. The van der Waals surface area contributed by atoms with Crippen LogP contribution in [0.2, 0.25) is 0 Å². The molecule has 0 fully saturated rings. The lowest BCUT2D eigenvalue weighted by molar-refractivity contribution is -0.160. The third kappa shape index (κ3) is 1.52. The maximum Gasteiger partial charge on any atom is 0.303 e. The summed E-state index contributed by atoms with van der Waals surface area (Å²) in [6.07, 6.45) is 1.43. The van der Waals surface area contributed by atoms with Crippen molar-refractivity contribution in [1.29, 1.82) is 0 Å². The quantitative estimate of drug-likeness (QED) is 0.515. The highest BCUT2D eigenvalue weighted by molar-refractivity contribution is 6.07. The molecule has 2 atom stereocenters. The molecule has 0 amide bonds. The van der Waals surface area contributed by atoms with Gasteiger partial charge in [0.2, 0.25) is 5.78 Å². The van der Waals surface area contributed by atoms with Gasteiger partial charge in [0.05, 0.1) is 0 Å². The molecule has 0 N–H and O–H groups in total. The number of esters is 1. The molecule has 2 unspecified atom stereocenters. The molecule has 0 bridgehead atoms. The normalized spacial score (nSPS) is 30.7. The van der Waals surface area contributed by atoms with E-state index < -0.39 is 11.6 Å². The molecule has 0 aliphatic heterocycles. The molecule has 0 aromatic rings. The van der Waals surface area contributed by atoms with Crippen LogP contribution in [0.4, 0.5) is 0 Å². The van der Waals surface area contributed by atoms with Crippen molar-refractivity contribution in [3.63, 3.8) is 0 Å². The minimum atomic E-state index is -1.18. The molecule has 0 aromatic carbocycles. The lowest BCUT2D eigenvalue weighted by atomic mass is 9.87. The summed E-state index contributed by atoms with van der Waals surface area (Å²) in [5.74, 6) is -0.748. The average molecular weight is 208 g/mol. The summed E-state index contributed by atoms with van der Waals surface area (Å²) in [5, 5.41) is 0. The Kier molecular flexibility index (Phi) is 2.84. The third-order valence-electron chi connectivity index (χ3n) is 3.20. The van der Waals surface area contributed by atoms with E-state index in [1.54, 1.807) is 6.92 Å². The molecule has 3 nitrogen and oxygen atoms in total. The van der Waals surface area contributed by atoms with E-state index in [0.29, 0.717) is 5.57 Å². The summed E-state index contributed by atoms with van der Waals surface area (Å²) in [5.41, 5.74) is 0.449. The van der Waals surface area contributed by atoms with Crippen molar-refractivity contribution >= 4 is 11.8 Å². The molecule has 1 rings (SSSR count). The summed E-state index contributed by atoms with van der Waals surface area (Å²) >= 11 is 0. The highest BCUT2D eigenvalue weighted by atomic mass is 16.6. The van der Waals surface area contributed by atoms with Crippen molar-refractivity contribution in [3.8, 4) is 0 Å². The Balaban J connectivity index is 3.20. The number of ketones is 1.